The highest BCUT2D eigenvalue weighted by molar-refractivity contribution is 5.72. The molecule has 0 unspecified atom stereocenters. The number of hydrogen-bond acceptors (Lipinski definition) is 5. The van der Waals surface area contributed by atoms with Crippen molar-refractivity contribution in [2.45, 2.75) is 6.67 Å². The van der Waals surface area contributed by atoms with Gasteiger partial charge in [0.2, 0.25) is 0 Å². The number of carbonyl (C=O) groups excluding carboxylic acids is 1. The number of carbonyl (C=O) groups is 1. The number of hydrogen-bond donors (Lipinski definition) is 0. The fourth-order valence-electron chi connectivity index (χ4n) is 1.23. The molecular weight excluding hydrogens is 172 g/mol. The average Bonchev–Trinajstić information content (AvgIpc) is 2.57. The van der Waals surface area contributed by atoms with E-state index in [1.807, 2.05) is 4.90 Å². The molecule has 0 aliphatic carbocycles. The molecule has 1 fully saturated rings. The molecule has 1 aliphatic heterocycles. The van der Waals surface area contributed by atoms with Gasteiger partial charge in [-0.05, 0) is 0 Å². The molecule has 2 heterocycles. The topological polar surface area (TPSA) is 60.2 Å². The minimum absolute atomic E-state index is 0.175. The lowest BCUT2D eigenvalue weighted by atomic mass is 10.4. The van der Waals surface area contributed by atoms with Gasteiger partial charge in [-0.1, -0.05) is 0 Å². The van der Waals surface area contributed by atoms with Gasteiger partial charge in [0.05, 0.1) is 13.2 Å². The fraction of sp³-hybridized carbons (Fsp3) is 0.571. The van der Waals surface area contributed by atoms with E-state index in [4.69, 9.17) is 4.74 Å². The molecule has 0 atom stereocenters. The van der Waals surface area contributed by atoms with E-state index in [9.17, 15) is 4.79 Å². The largest absolute Gasteiger partial charge is 0.463 e. The second-order valence-corrected chi connectivity index (χ2v) is 2.85. The lowest BCUT2D eigenvalue weighted by Gasteiger charge is -2.24. The Balaban J connectivity index is 1.91. The van der Waals surface area contributed by atoms with Crippen molar-refractivity contribution in [2.75, 3.05) is 19.7 Å². The molecule has 1 aromatic rings. The maximum absolute atomic E-state index is 10.9. The van der Waals surface area contributed by atoms with Crippen molar-refractivity contribution in [3.63, 3.8) is 0 Å². The average molecular weight is 182 g/mol. The summed E-state index contributed by atoms with van der Waals surface area (Å²) in [7, 11) is 0. The Kier molecular flexibility index (Phi) is 2.22. The smallest absolute Gasteiger partial charge is 0.320 e. The highest BCUT2D eigenvalue weighted by Crippen LogP contribution is 1.99. The first-order chi connectivity index (χ1) is 6.34. The SMILES string of the molecule is O=C1CN(Cn2cncn2)CCO1. The van der Waals surface area contributed by atoms with Crippen molar-refractivity contribution in [1.82, 2.24) is 19.7 Å². The van der Waals surface area contributed by atoms with Crippen LogP contribution in [0.2, 0.25) is 0 Å². The van der Waals surface area contributed by atoms with E-state index >= 15 is 0 Å². The van der Waals surface area contributed by atoms with Gasteiger partial charge in [-0.25, -0.2) is 9.67 Å². The molecule has 1 aliphatic rings. The summed E-state index contributed by atoms with van der Waals surface area (Å²) in [5, 5.41) is 3.95. The van der Waals surface area contributed by atoms with Crippen molar-refractivity contribution >= 4 is 5.97 Å². The van der Waals surface area contributed by atoms with Crippen LogP contribution in [0, 0.1) is 0 Å². The standard InChI is InChI=1S/C7H10N4O2/c12-7-3-10(1-2-13-7)6-11-5-8-4-9-11/h4-5H,1-3,6H2. The van der Waals surface area contributed by atoms with Crippen molar-refractivity contribution in [3.05, 3.63) is 12.7 Å². The second-order valence-electron chi connectivity index (χ2n) is 2.85. The maximum Gasteiger partial charge on any atom is 0.320 e. The van der Waals surface area contributed by atoms with Gasteiger partial charge in [0.1, 0.15) is 19.3 Å². The molecule has 0 spiro atoms. The molecule has 0 radical (unpaired) electrons. The van der Waals surface area contributed by atoms with Gasteiger partial charge in [0.25, 0.3) is 0 Å². The molecule has 2 rings (SSSR count). The zero-order valence-corrected chi connectivity index (χ0v) is 7.09. The van der Waals surface area contributed by atoms with Gasteiger partial charge in [-0.3, -0.25) is 9.69 Å². The summed E-state index contributed by atoms with van der Waals surface area (Å²) in [6, 6.07) is 0. The zero-order valence-electron chi connectivity index (χ0n) is 7.09. The van der Waals surface area contributed by atoms with E-state index in [2.05, 4.69) is 10.1 Å². The third-order valence-corrected chi connectivity index (χ3v) is 1.83. The Bertz CT molecular complexity index is 285. The minimum atomic E-state index is -0.175. The third kappa shape index (κ3) is 2.03. The first kappa shape index (κ1) is 8.18. The van der Waals surface area contributed by atoms with Crippen LogP contribution in [0.25, 0.3) is 0 Å². The van der Waals surface area contributed by atoms with Crippen molar-refractivity contribution in [2.24, 2.45) is 0 Å². The van der Waals surface area contributed by atoms with Crippen LogP contribution in [-0.4, -0.2) is 45.3 Å². The summed E-state index contributed by atoms with van der Waals surface area (Å²) < 4.78 is 6.48. The minimum Gasteiger partial charge on any atom is -0.463 e. The van der Waals surface area contributed by atoms with Crippen LogP contribution in [0.3, 0.4) is 0 Å². The summed E-state index contributed by atoms with van der Waals surface area (Å²) in [4.78, 5) is 16.7. The molecule has 70 valence electrons. The molecular formula is C7H10N4O2. The lowest BCUT2D eigenvalue weighted by Crippen LogP contribution is -2.40. The molecule has 0 N–H and O–H groups in total. The van der Waals surface area contributed by atoms with Crippen LogP contribution in [-0.2, 0) is 16.2 Å². The van der Waals surface area contributed by atoms with Gasteiger partial charge in [-0.15, -0.1) is 0 Å². The van der Waals surface area contributed by atoms with Crippen molar-refractivity contribution in [1.29, 1.82) is 0 Å². The Hall–Kier alpha value is -1.43. The normalized spacial score (nSPS) is 18.6. The number of nitrogens with zero attached hydrogens (tertiary/aromatic N) is 4. The van der Waals surface area contributed by atoms with Crippen LogP contribution in [0.4, 0.5) is 0 Å². The molecule has 0 aromatic carbocycles. The molecule has 1 saturated heterocycles. The van der Waals surface area contributed by atoms with Gasteiger partial charge < -0.3 is 4.74 Å². The van der Waals surface area contributed by atoms with Crippen LogP contribution >= 0.6 is 0 Å². The lowest BCUT2D eigenvalue weighted by molar-refractivity contribution is -0.151. The second kappa shape index (κ2) is 3.53. The van der Waals surface area contributed by atoms with Crippen LogP contribution in [0.5, 0.6) is 0 Å². The number of esters is 1. The highest BCUT2D eigenvalue weighted by atomic mass is 16.5. The Morgan fingerprint density at radius 3 is 3.23 bits per heavy atom. The highest BCUT2D eigenvalue weighted by Gasteiger charge is 2.17. The Labute approximate surface area is 75.1 Å². The number of aromatic nitrogens is 3. The summed E-state index contributed by atoms with van der Waals surface area (Å²) in [5.41, 5.74) is 0. The van der Waals surface area contributed by atoms with E-state index in [-0.39, 0.29) is 5.97 Å². The van der Waals surface area contributed by atoms with Crippen LogP contribution < -0.4 is 0 Å². The maximum atomic E-state index is 10.9. The van der Waals surface area contributed by atoms with E-state index in [0.717, 1.165) is 6.54 Å². The summed E-state index contributed by atoms with van der Waals surface area (Å²) in [6.45, 7) is 2.15. The van der Waals surface area contributed by atoms with E-state index < -0.39 is 0 Å². The van der Waals surface area contributed by atoms with Crippen molar-refractivity contribution < 1.29 is 9.53 Å². The Morgan fingerprint density at radius 2 is 2.54 bits per heavy atom. The quantitative estimate of drug-likeness (QED) is 0.554. The van der Waals surface area contributed by atoms with E-state index in [1.165, 1.54) is 6.33 Å². The zero-order chi connectivity index (χ0) is 9.10. The molecule has 0 amide bonds. The van der Waals surface area contributed by atoms with E-state index in [0.29, 0.717) is 19.8 Å². The predicted octanol–water partition coefficient (Wildman–Crippen LogP) is -0.906. The third-order valence-electron chi connectivity index (χ3n) is 1.83. The Morgan fingerprint density at radius 1 is 1.62 bits per heavy atom. The molecule has 0 bridgehead atoms. The number of morpholine rings is 1. The molecule has 1 aromatic heterocycles. The summed E-state index contributed by atoms with van der Waals surface area (Å²) in [6.07, 6.45) is 3.10. The number of ether oxygens (including phenoxy) is 1. The van der Waals surface area contributed by atoms with Crippen molar-refractivity contribution in [3.8, 4) is 0 Å². The van der Waals surface area contributed by atoms with Gasteiger partial charge in [0.15, 0.2) is 0 Å². The molecule has 6 heteroatoms. The van der Waals surface area contributed by atoms with Gasteiger partial charge >= 0.3 is 5.97 Å². The summed E-state index contributed by atoms with van der Waals surface area (Å²) in [5.74, 6) is -0.175. The molecule has 0 saturated carbocycles. The van der Waals surface area contributed by atoms with Gasteiger partial charge in [-0.2, -0.15) is 5.10 Å². The number of rotatable bonds is 2. The first-order valence-corrected chi connectivity index (χ1v) is 4.05. The fourth-order valence-corrected chi connectivity index (χ4v) is 1.23. The molecule has 6 nitrogen and oxygen atoms in total. The van der Waals surface area contributed by atoms with Crippen LogP contribution in [0.1, 0.15) is 0 Å². The van der Waals surface area contributed by atoms with Crippen LogP contribution in [0.15, 0.2) is 12.7 Å². The monoisotopic (exact) mass is 182 g/mol. The predicted molar refractivity (Wildman–Crippen MR) is 42.6 cm³/mol. The number of cyclic esters (lactones) is 1. The van der Waals surface area contributed by atoms with E-state index in [1.54, 1.807) is 11.0 Å². The van der Waals surface area contributed by atoms with Gasteiger partial charge in [0, 0.05) is 6.54 Å². The first-order valence-electron chi connectivity index (χ1n) is 4.05. The molecule has 13 heavy (non-hydrogen) atoms. The summed E-state index contributed by atoms with van der Waals surface area (Å²) >= 11 is 0.